The highest BCUT2D eigenvalue weighted by molar-refractivity contribution is 9.10. The van der Waals surface area contributed by atoms with E-state index >= 15 is 0 Å². The molecule has 6 heteroatoms. The molecule has 0 atom stereocenters. The van der Waals surface area contributed by atoms with E-state index in [1.54, 1.807) is 12.3 Å². The molecule has 0 aliphatic heterocycles. The quantitative estimate of drug-likeness (QED) is 0.888. The Kier molecular flexibility index (Phi) is 3.65. The fraction of sp³-hybridized carbons (Fsp3) is 0.182. The molecule has 0 amide bonds. The standard InChI is InChI=1S/C11H11BrN4O/c12-7-1-2-9(14-6-7)11-15-8(3-4-13)5-10(17)16-11/h1-2,5-6H,3-4,13H2,(H,15,16,17). The Morgan fingerprint density at radius 2 is 2.24 bits per heavy atom. The summed E-state index contributed by atoms with van der Waals surface area (Å²) in [5.41, 5.74) is 6.56. The lowest BCUT2D eigenvalue weighted by Crippen LogP contribution is -2.13. The molecule has 0 aliphatic rings. The lowest BCUT2D eigenvalue weighted by Gasteiger charge is -2.02. The second-order valence-electron chi connectivity index (χ2n) is 3.49. The summed E-state index contributed by atoms with van der Waals surface area (Å²) in [6.07, 6.45) is 2.23. The van der Waals surface area contributed by atoms with Crippen LogP contribution >= 0.6 is 15.9 Å². The molecular formula is C11H11BrN4O. The molecule has 0 bridgehead atoms. The third-order valence-electron chi connectivity index (χ3n) is 2.17. The first-order valence-electron chi connectivity index (χ1n) is 5.11. The molecular weight excluding hydrogens is 284 g/mol. The Balaban J connectivity index is 2.44. The van der Waals surface area contributed by atoms with Crippen LogP contribution in [0.25, 0.3) is 11.5 Å². The molecule has 17 heavy (non-hydrogen) atoms. The molecule has 88 valence electrons. The van der Waals surface area contributed by atoms with Crippen LogP contribution in [-0.2, 0) is 6.42 Å². The molecule has 0 fully saturated rings. The van der Waals surface area contributed by atoms with Crippen molar-refractivity contribution in [1.29, 1.82) is 0 Å². The minimum Gasteiger partial charge on any atom is -0.330 e. The van der Waals surface area contributed by atoms with Crippen LogP contribution in [0.4, 0.5) is 0 Å². The third kappa shape index (κ3) is 2.98. The van der Waals surface area contributed by atoms with Crippen molar-refractivity contribution in [1.82, 2.24) is 15.0 Å². The normalized spacial score (nSPS) is 10.5. The fourth-order valence-electron chi connectivity index (χ4n) is 1.42. The number of aromatic amines is 1. The van der Waals surface area contributed by atoms with Crippen LogP contribution in [0, 0.1) is 0 Å². The summed E-state index contributed by atoms with van der Waals surface area (Å²) in [4.78, 5) is 22.6. The van der Waals surface area contributed by atoms with Crippen molar-refractivity contribution in [2.24, 2.45) is 5.73 Å². The zero-order valence-corrected chi connectivity index (χ0v) is 10.6. The first-order valence-corrected chi connectivity index (χ1v) is 5.90. The highest BCUT2D eigenvalue weighted by Crippen LogP contribution is 2.14. The molecule has 0 saturated carbocycles. The van der Waals surface area contributed by atoms with Gasteiger partial charge in [0.1, 0.15) is 5.69 Å². The van der Waals surface area contributed by atoms with E-state index in [0.717, 1.165) is 4.47 Å². The van der Waals surface area contributed by atoms with E-state index in [1.165, 1.54) is 6.07 Å². The molecule has 5 nitrogen and oxygen atoms in total. The van der Waals surface area contributed by atoms with Gasteiger partial charge < -0.3 is 10.7 Å². The number of pyridine rings is 1. The number of halogens is 1. The smallest absolute Gasteiger partial charge is 0.251 e. The van der Waals surface area contributed by atoms with Crippen molar-refractivity contribution in [2.45, 2.75) is 6.42 Å². The number of rotatable bonds is 3. The molecule has 0 aromatic carbocycles. The van der Waals surface area contributed by atoms with Gasteiger partial charge in [-0.3, -0.25) is 9.78 Å². The van der Waals surface area contributed by atoms with Crippen LogP contribution < -0.4 is 11.3 Å². The first-order chi connectivity index (χ1) is 8.19. The van der Waals surface area contributed by atoms with Gasteiger partial charge in [0.15, 0.2) is 5.82 Å². The van der Waals surface area contributed by atoms with Gasteiger partial charge in [-0.1, -0.05) is 0 Å². The molecule has 0 aliphatic carbocycles. The molecule has 3 N–H and O–H groups in total. The summed E-state index contributed by atoms with van der Waals surface area (Å²) in [5.74, 6) is 0.466. The Hall–Kier alpha value is -1.53. The van der Waals surface area contributed by atoms with E-state index in [-0.39, 0.29) is 5.56 Å². The Morgan fingerprint density at radius 3 is 2.88 bits per heavy atom. The SMILES string of the molecule is NCCc1cc(=O)[nH]c(-c2ccc(Br)cn2)n1. The van der Waals surface area contributed by atoms with E-state index in [4.69, 9.17) is 5.73 Å². The second kappa shape index (κ2) is 5.20. The van der Waals surface area contributed by atoms with Crippen LogP contribution in [-0.4, -0.2) is 21.5 Å². The maximum atomic E-state index is 11.5. The molecule has 0 saturated heterocycles. The van der Waals surface area contributed by atoms with Crippen molar-refractivity contribution in [3.05, 3.63) is 44.9 Å². The number of H-pyrrole nitrogens is 1. The number of hydrogen-bond donors (Lipinski definition) is 2. The minimum atomic E-state index is -0.192. The Morgan fingerprint density at radius 1 is 1.41 bits per heavy atom. The monoisotopic (exact) mass is 294 g/mol. The van der Waals surface area contributed by atoms with Crippen LogP contribution in [0.1, 0.15) is 5.69 Å². The minimum absolute atomic E-state index is 0.192. The lowest BCUT2D eigenvalue weighted by atomic mass is 10.3. The average Bonchev–Trinajstić information content (AvgIpc) is 2.29. The van der Waals surface area contributed by atoms with E-state index in [2.05, 4.69) is 30.9 Å². The van der Waals surface area contributed by atoms with E-state index in [0.29, 0.717) is 30.2 Å². The van der Waals surface area contributed by atoms with Crippen LogP contribution in [0.5, 0.6) is 0 Å². The number of hydrogen-bond acceptors (Lipinski definition) is 4. The lowest BCUT2D eigenvalue weighted by molar-refractivity contribution is 0.903. The highest BCUT2D eigenvalue weighted by Gasteiger charge is 2.04. The van der Waals surface area contributed by atoms with Crippen molar-refractivity contribution < 1.29 is 0 Å². The molecule has 2 aromatic heterocycles. The molecule has 2 rings (SSSR count). The van der Waals surface area contributed by atoms with Crippen LogP contribution in [0.3, 0.4) is 0 Å². The predicted octanol–water partition coefficient (Wildman–Crippen LogP) is 1.10. The summed E-state index contributed by atoms with van der Waals surface area (Å²) in [6.45, 7) is 0.462. The van der Waals surface area contributed by atoms with E-state index in [1.807, 2.05) is 6.07 Å². The Bertz CT molecular complexity index is 564. The number of nitrogens with one attached hydrogen (secondary N) is 1. The van der Waals surface area contributed by atoms with E-state index < -0.39 is 0 Å². The number of aromatic nitrogens is 3. The van der Waals surface area contributed by atoms with Crippen molar-refractivity contribution in [3.8, 4) is 11.5 Å². The van der Waals surface area contributed by atoms with Gasteiger partial charge in [0.05, 0.1) is 0 Å². The van der Waals surface area contributed by atoms with Gasteiger partial charge in [-0.2, -0.15) is 0 Å². The topological polar surface area (TPSA) is 84.7 Å². The summed E-state index contributed by atoms with van der Waals surface area (Å²) in [5, 5.41) is 0. The average molecular weight is 295 g/mol. The molecule has 2 heterocycles. The maximum Gasteiger partial charge on any atom is 0.251 e. The number of nitrogens with two attached hydrogens (primary N) is 1. The van der Waals surface area contributed by atoms with Gasteiger partial charge in [-0.05, 0) is 34.6 Å². The van der Waals surface area contributed by atoms with Gasteiger partial charge in [0, 0.05) is 28.9 Å². The summed E-state index contributed by atoms with van der Waals surface area (Å²) in [6, 6.07) is 5.09. The molecule has 0 spiro atoms. The van der Waals surface area contributed by atoms with Gasteiger partial charge in [0.2, 0.25) is 0 Å². The molecule has 2 aromatic rings. The zero-order chi connectivity index (χ0) is 12.3. The zero-order valence-electron chi connectivity index (χ0n) is 8.98. The largest absolute Gasteiger partial charge is 0.330 e. The van der Waals surface area contributed by atoms with Gasteiger partial charge in [-0.15, -0.1) is 0 Å². The van der Waals surface area contributed by atoms with Crippen LogP contribution in [0.2, 0.25) is 0 Å². The molecule has 0 radical (unpaired) electrons. The van der Waals surface area contributed by atoms with E-state index in [9.17, 15) is 4.79 Å². The summed E-state index contributed by atoms with van der Waals surface area (Å²) < 4.78 is 0.877. The predicted molar refractivity (Wildman–Crippen MR) is 68.5 cm³/mol. The summed E-state index contributed by atoms with van der Waals surface area (Å²) in [7, 11) is 0. The van der Waals surface area contributed by atoms with Gasteiger partial charge in [0.25, 0.3) is 5.56 Å². The maximum absolute atomic E-state index is 11.5. The number of nitrogens with zero attached hydrogens (tertiary/aromatic N) is 2. The highest BCUT2D eigenvalue weighted by atomic mass is 79.9. The third-order valence-corrected chi connectivity index (χ3v) is 2.63. The Labute approximate surface area is 106 Å². The fourth-order valence-corrected chi connectivity index (χ4v) is 1.66. The first kappa shape index (κ1) is 11.9. The van der Waals surface area contributed by atoms with Gasteiger partial charge in [-0.25, -0.2) is 4.98 Å². The van der Waals surface area contributed by atoms with Crippen molar-refractivity contribution in [3.63, 3.8) is 0 Å². The van der Waals surface area contributed by atoms with Crippen molar-refractivity contribution in [2.75, 3.05) is 6.54 Å². The molecule has 0 unspecified atom stereocenters. The van der Waals surface area contributed by atoms with Gasteiger partial charge >= 0.3 is 0 Å². The second-order valence-corrected chi connectivity index (χ2v) is 4.40. The summed E-state index contributed by atoms with van der Waals surface area (Å²) >= 11 is 3.30. The van der Waals surface area contributed by atoms with Crippen LogP contribution in [0.15, 0.2) is 33.7 Å². The van der Waals surface area contributed by atoms with Crippen molar-refractivity contribution >= 4 is 15.9 Å².